The maximum absolute atomic E-state index is 12.1. The average molecular weight is 324 g/mol. The van der Waals surface area contributed by atoms with Crippen LogP contribution in [0, 0.1) is 6.92 Å². The molecule has 0 unspecified atom stereocenters. The first-order valence-corrected chi connectivity index (χ1v) is 8.21. The van der Waals surface area contributed by atoms with E-state index in [2.05, 4.69) is 59.2 Å². The van der Waals surface area contributed by atoms with E-state index in [4.69, 9.17) is 0 Å². The number of nitrogens with one attached hydrogen (secondary N) is 2. The minimum Gasteiger partial charge on any atom is -0.347 e. The third kappa shape index (κ3) is 4.19. The predicted molar refractivity (Wildman–Crippen MR) is 97.8 cm³/mol. The van der Waals surface area contributed by atoms with Crippen LogP contribution in [0.4, 0.5) is 11.5 Å². The molecule has 1 aromatic carbocycles. The Hall–Kier alpha value is -2.69. The van der Waals surface area contributed by atoms with E-state index in [1.807, 2.05) is 0 Å². The molecule has 126 valence electrons. The third-order valence-corrected chi connectivity index (χ3v) is 3.73. The molecule has 5 heteroatoms. The van der Waals surface area contributed by atoms with Crippen molar-refractivity contribution in [2.75, 3.05) is 11.9 Å². The molecule has 0 saturated heterocycles. The molecule has 2 rings (SSSR count). The summed E-state index contributed by atoms with van der Waals surface area (Å²) in [6.45, 7) is 10.0. The van der Waals surface area contributed by atoms with Crippen LogP contribution < -0.4 is 10.6 Å². The highest BCUT2D eigenvalue weighted by molar-refractivity contribution is 5.93. The Morgan fingerprint density at radius 1 is 1.21 bits per heavy atom. The summed E-state index contributed by atoms with van der Waals surface area (Å²) >= 11 is 0. The second-order valence-corrected chi connectivity index (χ2v) is 5.47. The van der Waals surface area contributed by atoms with Crippen LogP contribution in [-0.4, -0.2) is 22.4 Å². The summed E-state index contributed by atoms with van der Waals surface area (Å²) in [5.74, 6) is 0.945. The molecule has 0 saturated carbocycles. The maximum Gasteiger partial charge on any atom is 0.270 e. The summed E-state index contributed by atoms with van der Waals surface area (Å²) in [6, 6.07) is 7.96. The van der Waals surface area contributed by atoms with Gasteiger partial charge in [0, 0.05) is 18.3 Å². The average Bonchev–Trinajstić information content (AvgIpc) is 2.59. The fraction of sp³-hybridized carbons (Fsp3) is 0.316. The van der Waals surface area contributed by atoms with Crippen LogP contribution in [0.2, 0.25) is 0 Å². The van der Waals surface area contributed by atoms with Crippen molar-refractivity contribution in [2.45, 2.75) is 33.6 Å². The van der Waals surface area contributed by atoms with E-state index in [9.17, 15) is 4.79 Å². The van der Waals surface area contributed by atoms with E-state index >= 15 is 0 Å². The molecule has 0 bridgehead atoms. The lowest BCUT2D eigenvalue weighted by Crippen LogP contribution is -2.24. The largest absolute Gasteiger partial charge is 0.347 e. The fourth-order valence-corrected chi connectivity index (χ4v) is 2.53. The van der Waals surface area contributed by atoms with Gasteiger partial charge in [-0.3, -0.25) is 4.79 Å². The Morgan fingerprint density at radius 2 is 1.88 bits per heavy atom. The van der Waals surface area contributed by atoms with Crippen LogP contribution >= 0.6 is 0 Å². The number of benzene rings is 1. The van der Waals surface area contributed by atoms with Crippen molar-refractivity contribution >= 4 is 17.4 Å². The number of para-hydroxylation sites is 1. The number of carbonyl (C=O) groups excluding carboxylic acids is 1. The highest BCUT2D eigenvalue weighted by Crippen LogP contribution is 2.26. The predicted octanol–water partition coefficient (Wildman–Crippen LogP) is 3.57. The first-order chi connectivity index (χ1) is 11.6. The molecule has 2 aromatic rings. The van der Waals surface area contributed by atoms with Gasteiger partial charge in [0.2, 0.25) is 0 Å². The van der Waals surface area contributed by atoms with Gasteiger partial charge in [0.1, 0.15) is 17.3 Å². The lowest BCUT2D eigenvalue weighted by atomic mass is 10.0. The molecule has 1 aromatic heterocycles. The third-order valence-electron chi connectivity index (χ3n) is 3.73. The van der Waals surface area contributed by atoms with Gasteiger partial charge in [-0.15, -0.1) is 6.58 Å². The highest BCUT2D eigenvalue weighted by atomic mass is 16.1. The SMILES string of the molecule is C=CCNC(=O)c1cc(Nc2c(CC)cccc2CC)nc(C)n1. The summed E-state index contributed by atoms with van der Waals surface area (Å²) in [4.78, 5) is 20.8. The van der Waals surface area contributed by atoms with E-state index < -0.39 is 0 Å². The van der Waals surface area contributed by atoms with Gasteiger partial charge in [-0.2, -0.15) is 0 Å². The van der Waals surface area contributed by atoms with Crippen molar-refractivity contribution in [1.29, 1.82) is 0 Å². The van der Waals surface area contributed by atoms with Crippen LogP contribution in [0.1, 0.15) is 41.3 Å². The highest BCUT2D eigenvalue weighted by Gasteiger charge is 2.12. The van der Waals surface area contributed by atoms with Crippen LogP contribution in [0.15, 0.2) is 36.9 Å². The second kappa shape index (κ2) is 8.24. The van der Waals surface area contributed by atoms with Crippen LogP contribution in [0.3, 0.4) is 0 Å². The molecule has 0 aliphatic carbocycles. The van der Waals surface area contributed by atoms with Crippen LogP contribution in [-0.2, 0) is 12.8 Å². The van der Waals surface area contributed by atoms with Crippen molar-refractivity contribution in [1.82, 2.24) is 15.3 Å². The normalized spacial score (nSPS) is 10.3. The molecular formula is C19H24N4O. The van der Waals surface area contributed by atoms with Gasteiger partial charge in [-0.05, 0) is 30.9 Å². The van der Waals surface area contributed by atoms with Crippen LogP contribution in [0.5, 0.6) is 0 Å². The van der Waals surface area contributed by atoms with Crippen molar-refractivity contribution in [3.05, 3.63) is 59.6 Å². The Kier molecular flexibility index (Phi) is 6.07. The number of hydrogen-bond acceptors (Lipinski definition) is 4. The summed E-state index contributed by atoms with van der Waals surface area (Å²) in [5.41, 5.74) is 3.86. The summed E-state index contributed by atoms with van der Waals surface area (Å²) in [7, 11) is 0. The Labute approximate surface area is 143 Å². The standard InChI is InChI=1S/C19H24N4O/c1-5-11-20-19(24)16-12-17(22-13(4)21-16)23-18-14(6-2)9-8-10-15(18)7-3/h5,8-10,12H,1,6-7,11H2,2-4H3,(H,20,24)(H,21,22,23). The van der Waals surface area contributed by atoms with Gasteiger partial charge in [-0.25, -0.2) is 9.97 Å². The van der Waals surface area contributed by atoms with Gasteiger partial charge in [0.05, 0.1) is 0 Å². The molecule has 1 heterocycles. The molecule has 0 spiro atoms. The van der Waals surface area contributed by atoms with Crippen molar-refractivity contribution in [2.24, 2.45) is 0 Å². The Bertz CT molecular complexity index is 718. The Morgan fingerprint density at radius 3 is 2.46 bits per heavy atom. The van der Waals surface area contributed by atoms with Gasteiger partial charge in [0.25, 0.3) is 5.91 Å². The molecule has 0 atom stereocenters. The molecule has 0 fully saturated rings. The smallest absolute Gasteiger partial charge is 0.270 e. The quantitative estimate of drug-likeness (QED) is 0.764. The second-order valence-electron chi connectivity index (χ2n) is 5.47. The van der Waals surface area contributed by atoms with Gasteiger partial charge < -0.3 is 10.6 Å². The van der Waals surface area contributed by atoms with Gasteiger partial charge in [0.15, 0.2) is 0 Å². The fourth-order valence-electron chi connectivity index (χ4n) is 2.53. The lowest BCUT2D eigenvalue weighted by Gasteiger charge is -2.15. The monoisotopic (exact) mass is 324 g/mol. The molecule has 1 amide bonds. The molecule has 24 heavy (non-hydrogen) atoms. The number of aryl methyl sites for hydroxylation is 3. The molecular weight excluding hydrogens is 300 g/mol. The maximum atomic E-state index is 12.1. The summed E-state index contributed by atoms with van der Waals surface area (Å²) in [6.07, 6.45) is 3.48. The summed E-state index contributed by atoms with van der Waals surface area (Å²) < 4.78 is 0. The number of rotatable bonds is 7. The molecule has 2 N–H and O–H groups in total. The first kappa shape index (κ1) is 17.7. The van der Waals surface area contributed by atoms with E-state index in [1.54, 1.807) is 19.1 Å². The molecule has 0 radical (unpaired) electrons. The number of carbonyl (C=O) groups is 1. The zero-order valence-electron chi connectivity index (χ0n) is 14.5. The van der Waals surface area contributed by atoms with Crippen LogP contribution in [0.25, 0.3) is 0 Å². The number of aromatic nitrogens is 2. The molecule has 0 aliphatic heterocycles. The topological polar surface area (TPSA) is 66.9 Å². The number of anilines is 2. The minimum atomic E-state index is -0.233. The minimum absolute atomic E-state index is 0.233. The zero-order valence-corrected chi connectivity index (χ0v) is 14.5. The van der Waals surface area contributed by atoms with Gasteiger partial charge >= 0.3 is 0 Å². The Balaban J connectivity index is 2.35. The molecule has 5 nitrogen and oxygen atoms in total. The number of nitrogens with zero attached hydrogens (tertiary/aromatic N) is 2. The zero-order chi connectivity index (χ0) is 17.5. The molecule has 0 aliphatic rings. The van der Waals surface area contributed by atoms with E-state index in [0.717, 1.165) is 18.5 Å². The van der Waals surface area contributed by atoms with Crippen molar-refractivity contribution in [3.63, 3.8) is 0 Å². The van der Waals surface area contributed by atoms with Gasteiger partial charge in [-0.1, -0.05) is 38.1 Å². The van der Waals surface area contributed by atoms with Crippen molar-refractivity contribution in [3.8, 4) is 0 Å². The summed E-state index contributed by atoms with van der Waals surface area (Å²) in [5, 5.41) is 6.12. The van der Waals surface area contributed by atoms with E-state index in [1.165, 1.54) is 11.1 Å². The lowest BCUT2D eigenvalue weighted by molar-refractivity contribution is 0.0952. The van der Waals surface area contributed by atoms with E-state index in [0.29, 0.717) is 23.9 Å². The number of hydrogen-bond donors (Lipinski definition) is 2. The van der Waals surface area contributed by atoms with E-state index in [-0.39, 0.29) is 5.91 Å². The number of amides is 1. The van der Waals surface area contributed by atoms with Crippen molar-refractivity contribution < 1.29 is 4.79 Å². The first-order valence-electron chi connectivity index (χ1n) is 8.21.